The molecule has 0 aliphatic heterocycles. The molecule has 0 aromatic heterocycles. The number of alkyl carbamates (subject to hydrolysis) is 3. The van der Waals surface area contributed by atoms with Gasteiger partial charge in [-0.15, -0.1) is 0 Å². The van der Waals surface area contributed by atoms with Gasteiger partial charge in [0, 0.05) is 97.9 Å². The Hall–Kier alpha value is -5.72. The van der Waals surface area contributed by atoms with E-state index < -0.39 is 52.2 Å². The first kappa shape index (κ1) is 103. The SMILES string of the molecule is CC(C)(C)OC(=O)NCCOCCOCCC(=O)NCCCOCCOCC(COCCOCCCNC(=O)CCOCCOCCNC(=O)OC(C)(C)C)(COCCOCCCNC(=O)CCOCCOCCNC(=O)OC(C)(C)C)COCCOCCCNC(=O)CCOCCOCONC(=O)OC(C)(C)C. The molecule has 0 radical (unpaired) electrons. The van der Waals surface area contributed by atoms with Crippen molar-refractivity contribution < 1.29 is 138 Å². The van der Waals surface area contributed by atoms with Gasteiger partial charge in [0.2, 0.25) is 23.6 Å². The third kappa shape index (κ3) is 78.8. The molecular weight excluding hydrogens is 1440 g/mol. The van der Waals surface area contributed by atoms with Gasteiger partial charge in [0.1, 0.15) is 22.4 Å². The second-order valence-electron chi connectivity index (χ2n) is 28.3. The lowest BCUT2D eigenvalue weighted by Crippen LogP contribution is -2.43. The van der Waals surface area contributed by atoms with E-state index in [2.05, 4.69) is 42.7 Å². The predicted octanol–water partition coefficient (Wildman–Crippen LogP) is 3.81. The zero-order valence-corrected chi connectivity index (χ0v) is 67.6. The summed E-state index contributed by atoms with van der Waals surface area (Å²) in [6.07, 6.45) is 0.649. The standard InChI is InChI=1S/C72H138N8O29/c1-68(2,3)106-64(85)77-25-36-97-42-39-93-32-17-60(81)73-21-13-28-89-45-50-100-55-72(56-101-51-46-90-29-14-22-74-61(82)18-33-94-40-43-98-37-26-78-65(86)107-69(4,5)6,57-102-52-47-91-30-15-23-75-62(83)19-34-95-41-44-99-38-27-79-66(87)108-70(7,8)9)58-103-53-48-92-31-16-24-76-63(84)20-35-96-49-54-104-59-105-80-67(88)109-71(10,11)12/h13-59H2,1-12H3,(H,73,81)(H,74,82)(H,75,83)(H,76,84)(H,77,85)(H,78,86)(H,79,87)(H,80,88). The van der Waals surface area contributed by atoms with E-state index in [-0.39, 0.29) is 195 Å². The van der Waals surface area contributed by atoms with Crippen molar-refractivity contribution in [1.82, 2.24) is 42.7 Å². The highest BCUT2D eigenvalue weighted by molar-refractivity contribution is 5.77. The Morgan fingerprint density at radius 2 is 0.431 bits per heavy atom. The Bertz CT molecular complexity index is 1990. The summed E-state index contributed by atoms with van der Waals surface area (Å²) in [7, 11) is 0. The maximum absolute atomic E-state index is 12.4. The lowest BCUT2D eigenvalue weighted by atomic mass is 9.92. The van der Waals surface area contributed by atoms with Crippen LogP contribution in [0.15, 0.2) is 0 Å². The molecule has 640 valence electrons. The van der Waals surface area contributed by atoms with Gasteiger partial charge in [-0.05, 0) is 109 Å². The fraction of sp³-hybridized carbons (Fsp3) is 0.889. The molecule has 0 bridgehead atoms. The van der Waals surface area contributed by atoms with Gasteiger partial charge >= 0.3 is 24.4 Å². The second-order valence-corrected chi connectivity index (χ2v) is 28.3. The van der Waals surface area contributed by atoms with Crippen molar-refractivity contribution in [2.24, 2.45) is 5.41 Å². The first-order valence-corrected chi connectivity index (χ1v) is 37.8. The maximum atomic E-state index is 12.4. The number of hydroxylamine groups is 1. The van der Waals surface area contributed by atoms with Crippen molar-refractivity contribution in [3.63, 3.8) is 0 Å². The number of rotatable bonds is 72. The van der Waals surface area contributed by atoms with E-state index >= 15 is 0 Å². The summed E-state index contributed by atoms with van der Waals surface area (Å²) in [4.78, 5) is 101. The van der Waals surface area contributed by atoms with E-state index in [4.69, 9.17) is 99.6 Å². The van der Waals surface area contributed by atoms with Crippen LogP contribution in [0.4, 0.5) is 19.2 Å². The van der Waals surface area contributed by atoms with Crippen LogP contribution in [-0.2, 0) is 119 Å². The molecular formula is C72H138N8O29. The normalized spacial score (nSPS) is 11.9. The second kappa shape index (κ2) is 67.9. The van der Waals surface area contributed by atoms with Crippen molar-refractivity contribution in [3.05, 3.63) is 0 Å². The fourth-order valence-corrected chi connectivity index (χ4v) is 8.20. The number of amides is 8. The molecule has 0 aromatic carbocycles. The zero-order chi connectivity index (χ0) is 80.9. The quantitative estimate of drug-likeness (QED) is 0.0186. The minimum absolute atomic E-state index is 0.150. The van der Waals surface area contributed by atoms with Gasteiger partial charge in [0.05, 0.1) is 184 Å². The van der Waals surface area contributed by atoms with Crippen LogP contribution >= 0.6 is 0 Å². The van der Waals surface area contributed by atoms with Gasteiger partial charge in [-0.25, -0.2) is 24.0 Å². The molecule has 0 saturated carbocycles. The third-order valence-corrected chi connectivity index (χ3v) is 13.1. The molecule has 0 unspecified atom stereocenters. The van der Waals surface area contributed by atoms with Crippen LogP contribution in [0.1, 0.15) is 134 Å². The van der Waals surface area contributed by atoms with E-state index in [1.165, 1.54) is 0 Å². The molecule has 0 aliphatic rings. The molecule has 8 amide bonds. The molecule has 0 aliphatic carbocycles. The average molecular weight is 1580 g/mol. The van der Waals surface area contributed by atoms with E-state index in [0.717, 1.165) is 0 Å². The lowest BCUT2D eigenvalue weighted by Gasteiger charge is -2.33. The van der Waals surface area contributed by atoms with Gasteiger partial charge in [0.15, 0.2) is 6.79 Å². The number of carbonyl (C=O) groups is 8. The third-order valence-electron chi connectivity index (χ3n) is 13.1. The lowest BCUT2D eigenvalue weighted by molar-refractivity contribution is -0.124. The highest BCUT2D eigenvalue weighted by Crippen LogP contribution is 2.21. The molecule has 0 heterocycles. The topological polar surface area (TPSA) is 427 Å². The van der Waals surface area contributed by atoms with Gasteiger partial charge in [-0.2, -0.15) is 5.48 Å². The van der Waals surface area contributed by atoms with Gasteiger partial charge in [-0.3, -0.25) is 19.2 Å². The summed E-state index contributed by atoms with van der Waals surface area (Å²) in [5.74, 6) is -0.658. The number of hydrogen-bond donors (Lipinski definition) is 8. The minimum Gasteiger partial charge on any atom is -0.444 e. The van der Waals surface area contributed by atoms with Crippen LogP contribution < -0.4 is 42.7 Å². The van der Waals surface area contributed by atoms with Crippen LogP contribution in [0.25, 0.3) is 0 Å². The molecule has 0 atom stereocenters. The maximum Gasteiger partial charge on any atom is 0.431 e. The first-order chi connectivity index (χ1) is 52.0. The van der Waals surface area contributed by atoms with E-state index in [0.29, 0.717) is 138 Å². The molecule has 8 N–H and O–H groups in total. The van der Waals surface area contributed by atoms with Crippen molar-refractivity contribution in [2.75, 3.05) is 257 Å². The Balaban J connectivity index is 5.37. The molecule has 37 heteroatoms. The molecule has 0 aromatic rings. The largest absolute Gasteiger partial charge is 0.444 e. The summed E-state index contributed by atoms with van der Waals surface area (Å²) >= 11 is 0. The Kier molecular flexibility index (Phi) is 64.4. The van der Waals surface area contributed by atoms with Gasteiger partial charge in [0.25, 0.3) is 0 Å². The predicted molar refractivity (Wildman–Crippen MR) is 398 cm³/mol. The van der Waals surface area contributed by atoms with Crippen LogP contribution in [0.3, 0.4) is 0 Å². The van der Waals surface area contributed by atoms with Crippen LogP contribution in [0, 0.1) is 5.41 Å². The first-order valence-electron chi connectivity index (χ1n) is 37.8. The van der Waals surface area contributed by atoms with Crippen LogP contribution in [0.5, 0.6) is 0 Å². The fourth-order valence-electron chi connectivity index (χ4n) is 8.20. The molecule has 0 fully saturated rings. The highest BCUT2D eigenvalue weighted by atomic mass is 16.8. The summed E-state index contributed by atoms with van der Waals surface area (Å²) in [6, 6.07) is 0. The van der Waals surface area contributed by atoms with Crippen LogP contribution in [-0.4, -0.2) is 328 Å². The Labute approximate surface area is 646 Å². The number of hydrogen-bond acceptors (Lipinski definition) is 29. The summed E-state index contributed by atoms with van der Waals surface area (Å²) in [6.45, 7) is 31.5. The van der Waals surface area contributed by atoms with E-state index in [1.807, 2.05) is 0 Å². The summed E-state index contributed by atoms with van der Waals surface area (Å²) < 4.78 is 113. The van der Waals surface area contributed by atoms with Gasteiger partial charge in [-0.1, -0.05) is 0 Å². The highest BCUT2D eigenvalue weighted by Gasteiger charge is 2.33. The molecule has 0 rings (SSSR count). The van der Waals surface area contributed by atoms with Crippen molar-refractivity contribution >= 4 is 48.0 Å². The number of nitrogens with one attached hydrogen (secondary N) is 8. The van der Waals surface area contributed by atoms with E-state index in [9.17, 15) is 38.4 Å². The number of ether oxygens (including phenoxy) is 20. The van der Waals surface area contributed by atoms with Crippen LogP contribution in [0.2, 0.25) is 0 Å². The Morgan fingerprint density at radius 3 is 0.679 bits per heavy atom. The van der Waals surface area contributed by atoms with Crippen molar-refractivity contribution in [1.29, 1.82) is 0 Å². The van der Waals surface area contributed by atoms with Crippen molar-refractivity contribution in [3.8, 4) is 0 Å². The molecule has 109 heavy (non-hydrogen) atoms. The zero-order valence-electron chi connectivity index (χ0n) is 67.6. The molecule has 0 spiro atoms. The summed E-state index contributed by atoms with van der Waals surface area (Å²) in [5.41, 5.74) is -1.14. The average Bonchev–Trinajstić information content (AvgIpc) is 0.867. The summed E-state index contributed by atoms with van der Waals surface area (Å²) in [5, 5.41) is 19.3. The minimum atomic E-state index is -0.832. The monoisotopic (exact) mass is 1580 g/mol. The molecule has 37 nitrogen and oxygen atoms in total. The Morgan fingerprint density at radius 1 is 0.220 bits per heavy atom. The van der Waals surface area contributed by atoms with Gasteiger partial charge < -0.3 is 132 Å². The van der Waals surface area contributed by atoms with Crippen molar-refractivity contribution in [2.45, 2.75) is 157 Å². The number of carbonyl (C=O) groups excluding carboxylic acids is 8. The molecule has 0 saturated heterocycles. The smallest absolute Gasteiger partial charge is 0.431 e. The van der Waals surface area contributed by atoms with E-state index in [1.54, 1.807) is 83.1 Å².